The zero-order valence-electron chi connectivity index (χ0n) is 10.9. The van der Waals surface area contributed by atoms with Gasteiger partial charge in [-0.3, -0.25) is 4.79 Å². The normalized spacial score (nSPS) is 14.1. The van der Waals surface area contributed by atoms with Crippen molar-refractivity contribution in [2.45, 2.75) is 72.1 Å². The summed E-state index contributed by atoms with van der Waals surface area (Å²) in [5.41, 5.74) is -0.402. The van der Waals surface area contributed by atoms with E-state index in [-0.39, 0.29) is 12.0 Å². The molecule has 90 valence electrons. The van der Waals surface area contributed by atoms with E-state index in [0.717, 1.165) is 12.8 Å². The molecule has 0 aromatic carbocycles. The molecule has 0 aliphatic rings. The third kappa shape index (κ3) is 6.50. The monoisotopic (exact) mass is 215 g/mol. The van der Waals surface area contributed by atoms with Gasteiger partial charge in [0.15, 0.2) is 0 Å². The van der Waals surface area contributed by atoms with Crippen molar-refractivity contribution in [1.82, 2.24) is 5.32 Å². The number of esters is 1. The predicted molar refractivity (Wildman–Crippen MR) is 62.8 cm³/mol. The van der Waals surface area contributed by atoms with Crippen LogP contribution in [0.1, 0.15) is 54.4 Å². The van der Waals surface area contributed by atoms with Gasteiger partial charge in [0.25, 0.3) is 0 Å². The van der Waals surface area contributed by atoms with Gasteiger partial charge in [-0.05, 0) is 40.5 Å². The molecule has 0 spiro atoms. The highest BCUT2D eigenvalue weighted by Gasteiger charge is 2.22. The van der Waals surface area contributed by atoms with Crippen molar-refractivity contribution in [3.8, 4) is 0 Å². The lowest BCUT2D eigenvalue weighted by molar-refractivity contribution is -0.157. The zero-order chi connectivity index (χ0) is 12.1. The quantitative estimate of drug-likeness (QED) is 0.716. The maximum Gasteiger partial charge on any atom is 0.323 e. The highest BCUT2D eigenvalue weighted by Crippen LogP contribution is 2.09. The number of carbonyl (C=O) groups is 1. The molecule has 0 saturated carbocycles. The van der Waals surface area contributed by atoms with E-state index in [9.17, 15) is 4.79 Å². The van der Waals surface area contributed by atoms with Gasteiger partial charge in [0.05, 0.1) is 0 Å². The van der Waals surface area contributed by atoms with E-state index >= 15 is 0 Å². The maximum absolute atomic E-state index is 11.6. The molecule has 1 unspecified atom stereocenters. The molecule has 3 nitrogen and oxygen atoms in total. The zero-order valence-corrected chi connectivity index (χ0v) is 10.9. The van der Waals surface area contributed by atoms with Gasteiger partial charge in [-0.1, -0.05) is 13.8 Å². The second-order valence-electron chi connectivity index (χ2n) is 4.94. The van der Waals surface area contributed by atoms with Crippen LogP contribution in [0.15, 0.2) is 0 Å². The second-order valence-corrected chi connectivity index (χ2v) is 4.94. The summed E-state index contributed by atoms with van der Waals surface area (Å²) in [6.45, 7) is 11.7. The van der Waals surface area contributed by atoms with Gasteiger partial charge >= 0.3 is 5.97 Å². The molecule has 0 heterocycles. The largest absolute Gasteiger partial charge is 0.459 e. The molecular weight excluding hydrogens is 190 g/mol. The molecule has 0 rings (SSSR count). The van der Waals surface area contributed by atoms with Crippen LogP contribution in [0.5, 0.6) is 0 Å². The summed E-state index contributed by atoms with van der Waals surface area (Å²) in [6, 6.07) is 0.168. The summed E-state index contributed by atoms with van der Waals surface area (Å²) < 4.78 is 5.29. The van der Waals surface area contributed by atoms with Crippen molar-refractivity contribution in [3.63, 3.8) is 0 Å². The Balaban J connectivity index is 4.09. The minimum atomic E-state index is -0.402. The number of carbonyl (C=O) groups excluding carboxylic acids is 1. The molecule has 0 bridgehead atoms. The van der Waals surface area contributed by atoms with Gasteiger partial charge < -0.3 is 10.1 Å². The number of hydrogen-bond donors (Lipinski definition) is 1. The number of ether oxygens (including phenoxy) is 1. The van der Waals surface area contributed by atoms with Gasteiger partial charge in [0.2, 0.25) is 0 Å². The smallest absolute Gasteiger partial charge is 0.323 e. The topological polar surface area (TPSA) is 38.3 Å². The molecule has 0 saturated heterocycles. The van der Waals surface area contributed by atoms with E-state index in [2.05, 4.69) is 19.2 Å². The highest BCUT2D eigenvalue weighted by molar-refractivity contribution is 5.75. The van der Waals surface area contributed by atoms with Crippen molar-refractivity contribution in [2.24, 2.45) is 0 Å². The van der Waals surface area contributed by atoms with Crippen molar-refractivity contribution in [2.75, 3.05) is 0 Å². The fourth-order valence-corrected chi connectivity index (χ4v) is 1.34. The third-order valence-electron chi connectivity index (χ3n) is 2.23. The Morgan fingerprint density at radius 3 is 2.07 bits per heavy atom. The molecule has 0 aromatic rings. The Morgan fingerprint density at radius 2 is 1.73 bits per heavy atom. The van der Waals surface area contributed by atoms with Gasteiger partial charge in [-0.2, -0.15) is 0 Å². The second kappa shape index (κ2) is 6.11. The van der Waals surface area contributed by atoms with Crippen molar-refractivity contribution in [1.29, 1.82) is 0 Å². The van der Waals surface area contributed by atoms with Crippen LogP contribution < -0.4 is 5.32 Å². The van der Waals surface area contributed by atoms with Gasteiger partial charge in [-0.25, -0.2) is 0 Å². The van der Waals surface area contributed by atoms with Gasteiger partial charge in [0.1, 0.15) is 11.6 Å². The lowest BCUT2D eigenvalue weighted by Gasteiger charge is -2.25. The van der Waals surface area contributed by atoms with E-state index in [1.165, 1.54) is 0 Å². The van der Waals surface area contributed by atoms with E-state index in [1.54, 1.807) is 0 Å². The molecular formula is C12H25NO2. The maximum atomic E-state index is 11.6. The Labute approximate surface area is 93.6 Å². The van der Waals surface area contributed by atoms with E-state index in [4.69, 9.17) is 4.74 Å². The first-order chi connectivity index (χ1) is 6.80. The van der Waals surface area contributed by atoms with Crippen LogP contribution in [-0.4, -0.2) is 23.7 Å². The first kappa shape index (κ1) is 14.4. The summed E-state index contributed by atoms with van der Waals surface area (Å²) in [7, 11) is 0. The predicted octanol–water partition coefficient (Wildman–Crippen LogP) is 2.49. The minimum Gasteiger partial charge on any atom is -0.459 e. The molecule has 3 heteroatoms. The summed E-state index contributed by atoms with van der Waals surface area (Å²) in [4.78, 5) is 11.6. The number of hydrogen-bond acceptors (Lipinski definition) is 3. The van der Waals surface area contributed by atoms with Crippen LogP contribution in [0, 0.1) is 0 Å². The Kier molecular flexibility index (Phi) is 5.88. The highest BCUT2D eigenvalue weighted by atomic mass is 16.6. The van der Waals surface area contributed by atoms with Crippen molar-refractivity contribution < 1.29 is 9.53 Å². The SMILES string of the molecule is CCC(CC)NC(C)C(=O)OC(C)(C)C. The van der Waals surface area contributed by atoms with Gasteiger partial charge in [-0.15, -0.1) is 0 Å². The average molecular weight is 215 g/mol. The van der Waals surface area contributed by atoms with Crippen LogP contribution in [-0.2, 0) is 9.53 Å². The first-order valence-corrected chi connectivity index (χ1v) is 5.79. The Bertz CT molecular complexity index is 192. The number of nitrogens with one attached hydrogen (secondary N) is 1. The van der Waals surface area contributed by atoms with E-state index < -0.39 is 5.60 Å². The van der Waals surface area contributed by atoms with Gasteiger partial charge in [0, 0.05) is 6.04 Å². The Morgan fingerprint density at radius 1 is 1.27 bits per heavy atom. The fourth-order valence-electron chi connectivity index (χ4n) is 1.34. The molecule has 0 aromatic heterocycles. The summed E-state index contributed by atoms with van der Waals surface area (Å²) in [5, 5.41) is 3.26. The molecule has 1 N–H and O–H groups in total. The lowest BCUT2D eigenvalue weighted by atomic mass is 10.1. The molecule has 15 heavy (non-hydrogen) atoms. The van der Waals surface area contributed by atoms with E-state index in [0.29, 0.717) is 6.04 Å². The lowest BCUT2D eigenvalue weighted by Crippen LogP contribution is -2.43. The van der Waals surface area contributed by atoms with Crippen molar-refractivity contribution >= 4 is 5.97 Å². The van der Waals surface area contributed by atoms with Crippen LogP contribution in [0.2, 0.25) is 0 Å². The fraction of sp³-hybridized carbons (Fsp3) is 0.917. The minimum absolute atomic E-state index is 0.172. The molecule has 0 fully saturated rings. The molecule has 0 radical (unpaired) electrons. The average Bonchev–Trinajstić information content (AvgIpc) is 2.10. The number of rotatable bonds is 5. The van der Waals surface area contributed by atoms with Crippen LogP contribution in [0.4, 0.5) is 0 Å². The van der Waals surface area contributed by atoms with Crippen LogP contribution in [0.25, 0.3) is 0 Å². The molecule has 1 atom stereocenters. The standard InChI is InChI=1S/C12H25NO2/c1-7-10(8-2)13-9(3)11(14)15-12(4,5)6/h9-10,13H,7-8H2,1-6H3. The molecule has 0 aliphatic carbocycles. The summed E-state index contributed by atoms with van der Waals surface area (Å²) in [5.74, 6) is -0.172. The van der Waals surface area contributed by atoms with Crippen molar-refractivity contribution in [3.05, 3.63) is 0 Å². The van der Waals surface area contributed by atoms with Crippen LogP contribution in [0.3, 0.4) is 0 Å². The van der Waals surface area contributed by atoms with Crippen LogP contribution >= 0.6 is 0 Å². The third-order valence-corrected chi connectivity index (χ3v) is 2.23. The first-order valence-electron chi connectivity index (χ1n) is 5.79. The summed E-state index contributed by atoms with van der Waals surface area (Å²) in [6.07, 6.45) is 2.06. The molecule has 0 aliphatic heterocycles. The Hall–Kier alpha value is -0.570. The van der Waals surface area contributed by atoms with E-state index in [1.807, 2.05) is 27.7 Å². The summed E-state index contributed by atoms with van der Waals surface area (Å²) >= 11 is 0. The molecule has 0 amide bonds.